The molecule has 1 amide bonds. The molecule has 4 rings (SSSR count). The van der Waals surface area contributed by atoms with E-state index in [0.717, 1.165) is 49.9 Å². The van der Waals surface area contributed by atoms with Gasteiger partial charge < -0.3 is 10.1 Å². The molecule has 0 bridgehead atoms. The highest BCUT2D eigenvalue weighted by Crippen LogP contribution is 2.41. The number of hydrogen-bond donors (Lipinski definition) is 2. The normalized spacial score (nSPS) is 21.3. The van der Waals surface area contributed by atoms with Gasteiger partial charge in [-0.25, -0.2) is 0 Å². The molecule has 0 spiro atoms. The number of anilines is 1. The van der Waals surface area contributed by atoms with Crippen LogP contribution in [0.5, 0.6) is 0 Å². The number of carbonyl (C=O) groups is 1. The van der Waals surface area contributed by atoms with Crippen LogP contribution >= 0.6 is 36.2 Å². The zero-order chi connectivity index (χ0) is 17.9. The van der Waals surface area contributed by atoms with Gasteiger partial charge in [0.15, 0.2) is 0 Å². The molecule has 2 aliphatic rings. The lowest BCUT2D eigenvalue weighted by Crippen LogP contribution is -2.29. The molecule has 28 heavy (non-hydrogen) atoms. The van der Waals surface area contributed by atoms with Crippen molar-refractivity contribution in [3.8, 4) is 0 Å². The molecule has 9 heteroatoms. The van der Waals surface area contributed by atoms with Crippen LogP contribution < -0.4 is 10.6 Å². The highest BCUT2D eigenvalue weighted by atomic mass is 35.5. The van der Waals surface area contributed by atoms with E-state index in [4.69, 9.17) is 4.74 Å². The molecule has 1 aliphatic carbocycles. The summed E-state index contributed by atoms with van der Waals surface area (Å²) in [6.45, 7) is 4.73. The average molecular weight is 445 g/mol. The molecular weight excluding hydrogens is 419 g/mol. The molecule has 1 saturated carbocycles. The Morgan fingerprint density at radius 2 is 2.04 bits per heavy atom. The Hall–Kier alpha value is -1.25. The van der Waals surface area contributed by atoms with E-state index >= 15 is 0 Å². The molecule has 2 atom stereocenters. The van der Waals surface area contributed by atoms with Gasteiger partial charge in [-0.1, -0.05) is 23.5 Å². The van der Waals surface area contributed by atoms with Crippen molar-refractivity contribution < 1.29 is 9.53 Å². The maximum Gasteiger partial charge on any atom is 0.257 e. The predicted octanol–water partition coefficient (Wildman–Crippen LogP) is 3.81. The van der Waals surface area contributed by atoms with Crippen LogP contribution in [-0.2, 0) is 4.74 Å². The standard InChI is InChI=1S/C19H24N4O2S.2ClH/c1-12-22-23-19(26-12)21-18(24)15-4-2-3-14(9-15)16-10-17(16)20-11-13-5-7-25-8-6-13;;/h2-4,9,13,16-17,20H,5-8,10-11H2,1H3,(H,21,23,24);2*1H/t16-,17+;;/m0../s1. The first-order valence-corrected chi connectivity index (χ1v) is 10.0. The van der Waals surface area contributed by atoms with Crippen molar-refractivity contribution in [2.75, 3.05) is 25.1 Å². The van der Waals surface area contributed by atoms with Crippen LogP contribution in [-0.4, -0.2) is 41.9 Å². The molecule has 1 aromatic carbocycles. The van der Waals surface area contributed by atoms with Crippen molar-refractivity contribution in [1.29, 1.82) is 0 Å². The summed E-state index contributed by atoms with van der Waals surface area (Å²) >= 11 is 1.38. The number of carbonyl (C=O) groups excluding carboxylic acids is 1. The number of amides is 1. The van der Waals surface area contributed by atoms with Gasteiger partial charge in [0, 0.05) is 30.7 Å². The summed E-state index contributed by atoms with van der Waals surface area (Å²) in [5, 5.41) is 15.8. The second-order valence-electron chi connectivity index (χ2n) is 7.12. The molecule has 1 aliphatic heterocycles. The molecule has 2 N–H and O–H groups in total. The Morgan fingerprint density at radius 3 is 2.75 bits per heavy atom. The van der Waals surface area contributed by atoms with E-state index in [1.54, 1.807) is 0 Å². The Morgan fingerprint density at radius 1 is 1.25 bits per heavy atom. The van der Waals surface area contributed by atoms with Crippen LogP contribution in [0.25, 0.3) is 0 Å². The molecule has 1 saturated heterocycles. The fourth-order valence-corrected chi connectivity index (χ4v) is 4.07. The van der Waals surface area contributed by atoms with Crippen LogP contribution in [0.2, 0.25) is 0 Å². The quantitative estimate of drug-likeness (QED) is 0.707. The Bertz CT molecular complexity index is 783. The van der Waals surface area contributed by atoms with Crippen LogP contribution in [0, 0.1) is 12.8 Å². The van der Waals surface area contributed by atoms with Crippen LogP contribution in [0.4, 0.5) is 5.13 Å². The number of benzene rings is 1. The van der Waals surface area contributed by atoms with Crippen molar-refractivity contribution in [3.63, 3.8) is 0 Å². The molecular formula is C19H26Cl2N4O2S. The minimum absolute atomic E-state index is 0. The molecule has 2 heterocycles. The lowest BCUT2D eigenvalue weighted by Gasteiger charge is -2.22. The number of aromatic nitrogens is 2. The SMILES string of the molecule is Cc1nnc(NC(=O)c2cccc([C@@H]3C[C@H]3NCC3CCOCC3)c2)s1.Cl.Cl. The maximum absolute atomic E-state index is 12.4. The van der Waals surface area contributed by atoms with Gasteiger partial charge in [-0.05, 0) is 56.3 Å². The topological polar surface area (TPSA) is 76.1 Å². The van der Waals surface area contributed by atoms with Gasteiger partial charge in [0.25, 0.3) is 5.91 Å². The predicted molar refractivity (Wildman–Crippen MR) is 116 cm³/mol. The van der Waals surface area contributed by atoms with E-state index in [0.29, 0.717) is 22.7 Å². The molecule has 2 fully saturated rings. The van der Waals surface area contributed by atoms with Gasteiger partial charge in [-0.2, -0.15) is 0 Å². The lowest BCUT2D eigenvalue weighted by atomic mass is 10.0. The molecule has 0 radical (unpaired) electrons. The Balaban J connectivity index is 0.00000140. The number of aryl methyl sites for hydroxylation is 1. The highest BCUT2D eigenvalue weighted by molar-refractivity contribution is 7.15. The lowest BCUT2D eigenvalue weighted by molar-refractivity contribution is 0.0662. The molecule has 154 valence electrons. The minimum Gasteiger partial charge on any atom is -0.381 e. The molecule has 6 nitrogen and oxygen atoms in total. The number of ether oxygens (including phenoxy) is 1. The van der Waals surface area contributed by atoms with E-state index in [-0.39, 0.29) is 30.7 Å². The second-order valence-corrected chi connectivity index (χ2v) is 8.30. The summed E-state index contributed by atoms with van der Waals surface area (Å²) in [7, 11) is 0. The highest BCUT2D eigenvalue weighted by Gasteiger charge is 2.38. The monoisotopic (exact) mass is 444 g/mol. The third-order valence-corrected chi connectivity index (χ3v) is 5.88. The van der Waals surface area contributed by atoms with Crippen LogP contribution in [0.1, 0.15) is 46.1 Å². The van der Waals surface area contributed by atoms with Crippen LogP contribution in [0.3, 0.4) is 0 Å². The Labute approximate surface area is 181 Å². The molecule has 1 aromatic heterocycles. The minimum atomic E-state index is -0.129. The van der Waals surface area contributed by atoms with Gasteiger partial charge >= 0.3 is 0 Å². The fraction of sp³-hybridized carbons (Fsp3) is 0.526. The van der Waals surface area contributed by atoms with Gasteiger partial charge in [-0.3, -0.25) is 10.1 Å². The first-order valence-electron chi connectivity index (χ1n) is 9.21. The van der Waals surface area contributed by atoms with Crippen molar-refractivity contribution in [1.82, 2.24) is 15.5 Å². The smallest absolute Gasteiger partial charge is 0.257 e. The van der Waals surface area contributed by atoms with Gasteiger partial charge in [0.2, 0.25) is 5.13 Å². The first kappa shape index (κ1) is 23.0. The van der Waals surface area contributed by atoms with Crippen molar-refractivity contribution in [2.45, 2.75) is 38.1 Å². The van der Waals surface area contributed by atoms with Crippen molar-refractivity contribution in [3.05, 3.63) is 40.4 Å². The van der Waals surface area contributed by atoms with E-state index in [2.05, 4.69) is 26.9 Å². The van der Waals surface area contributed by atoms with E-state index in [1.165, 1.54) is 16.9 Å². The van der Waals surface area contributed by atoms with Crippen molar-refractivity contribution >= 4 is 47.2 Å². The van der Waals surface area contributed by atoms with E-state index < -0.39 is 0 Å². The first-order chi connectivity index (χ1) is 12.7. The summed E-state index contributed by atoms with van der Waals surface area (Å²) in [6, 6.07) is 8.46. The summed E-state index contributed by atoms with van der Waals surface area (Å²) in [4.78, 5) is 12.4. The average Bonchev–Trinajstić information content (AvgIpc) is 3.34. The number of rotatable bonds is 6. The zero-order valence-corrected chi connectivity index (χ0v) is 18.2. The largest absolute Gasteiger partial charge is 0.381 e. The summed E-state index contributed by atoms with van der Waals surface area (Å²) in [5.74, 6) is 1.11. The number of halogens is 2. The zero-order valence-electron chi connectivity index (χ0n) is 15.7. The Kier molecular flexibility index (Phi) is 8.64. The summed E-state index contributed by atoms with van der Waals surface area (Å²) < 4.78 is 5.42. The third kappa shape index (κ3) is 5.87. The molecule has 0 unspecified atom stereocenters. The van der Waals surface area contributed by atoms with Gasteiger partial charge in [0.05, 0.1) is 0 Å². The van der Waals surface area contributed by atoms with Crippen molar-refractivity contribution in [2.24, 2.45) is 5.92 Å². The van der Waals surface area contributed by atoms with E-state index in [1.807, 2.05) is 25.1 Å². The second kappa shape index (κ2) is 10.5. The fourth-order valence-electron chi connectivity index (χ4n) is 3.48. The third-order valence-electron chi connectivity index (χ3n) is 5.12. The van der Waals surface area contributed by atoms with Crippen LogP contribution in [0.15, 0.2) is 24.3 Å². The summed E-state index contributed by atoms with van der Waals surface area (Å²) in [6.07, 6.45) is 3.46. The van der Waals surface area contributed by atoms with Gasteiger partial charge in [-0.15, -0.1) is 35.0 Å². The number of nitrogens with zero attached hydrogens (tertiary/aromatic N) is 2. The number of nitrogens with one attached hydrogen (secondary N) is 2. The van der Waals surface area contributed by atoms with E-state index in [9.17, 15) is 4.79 Å². The number of hydrogen-bond acceptors (Lipinski definition) is 6. The summed E-state index contributed by atoms with van der Waals surface area (Å²) in [5.41, 5.74) is 1.90. The molecule has 2 aromatic rings. The van der Waals surface area contributed by atoms with Gasteiger partial charge in [0.1, 0.15) is 5.01 Å². The maximum atomic E-state index is 12.4.